The predicted molar refractivity (Wildman–Crippen MR) is 111 cm³/mol. The molecule has 30 heavy (non-hydrogen) atoms. The predicted octanol–water partition coefficient (Wildman–Crippen LogP) is 1.81. The Morgan fingerprint density at radius 1 is 0.467 bits per heavy atom. The molecule has 1 aromatic carbocycles. The van der Waals surface area contributed by atoms with E-state index in [2.05, 4.69) is 0 Å². The van der Waals surface area contributed by atoms with E-state index in [9.17, 15) is 0 Å². The molecular weight excluding hydrogens is 396 g/mol. The fourth-order valence-corrected chi connectivity index (χ4v) is 2.22. The summed E-state index contributed by atoms with van der Waals surface area (Å²) in [7, 11) is 4.90. The molecule has 1 aromatic rings. The lowest BCUT2D eigenvalue weighted by molar-refractivity contribution is 0.0468. The van der Waals surface area contributed by atoms with E-state index in [-0.39, 0.29) is 0 Å². The third-order valence-electron chi connectivity index (χ3n) is 3.68. The van der Waals surface area contributed by atoms with Gasteiger partial charge in [-0.15, -0.1) is 0 Å². The van der Waals surface area contributed by atoms with Gasteiger partial charge in [0.1, 0.15) is 19.8 Å². The van der Waals surface area contributed by atoms with Crippen LogP contribution in [0.4, 0.5) is 0 Å². The molecule has 0 saturated carbocycles. The summed E-state index contributed by atoms with van der Waals surface area (Å²) in [4.78, 5) is 0. The summed E-state index contributed by atoms with van der Waals surface area (Å²) < 4.78 is 48.7. The first-order valence-electron chi connectivity index (χ1n) is 10.0. The van der Waals surface area contributed by atoms with Crippen molar-refractivity contribution < 1.29 is 42.6 Å². The van der Waals surface area contributed by atoms with E-state index in [0.717, 1.165) is 0 Å². The van der Waals surface area contributed by atoms with Crippen LogP contribution in [0, 0.1) is 0 Å². The fraction of sp³-hybridized carbons (Fsp3) is 0.714. The normalized spacial score (nSPS) is 10.9. The van der Waals surface area contributed by atoms with Crippen molar-refractivity contribution in [2.75, 3.05) is 101 Å². The number of rotatable bonds is 21. The summed E-state index contributed by atoms with van der Waals surface area (Å²) in [6.45, 7) is 5.64. The molecule has 9 nitrogen and oxygen atoms in total. The molecule has 174 valence electrons. The van der Waals surface area contributed by atoms with Gasteiger partial charge in [-0.3, -0.25) is 0 Å². The van der Waals surface area contributed by atoms with Gasteiger partial charge in [-0.05, 0) is 12.1 Å². The van der Waals surface area contributed by atoms with Crippen molar-refractivity contribution in [1.29, 1.82) is 0 Å². The molecular formula is C21H36O9. The van der Waals surface area contributed by atoms with E-state index in [1.165, 1.54) is 0 Å². The summed E-state index contributed by atoms with van der Waals surface area (Å²) >= 11 is 0. The van der Waals surface area contributed by atoms with Gasteiger partial charge in [0.2, 0.25) is 5.75 Å². The van der Waals surface area contributed by atoms with Crippen molar-refractivity contribution in [1.82, 2.24) is 0 Å². The van der Waals surface area contributed by atoms with Gasteiger partial charge >= 0.3 is 0 Å². The SMILES string of the molecule is COCCOCCOc1cccc(OCCOCCOC)c1OCCOCCOC. The van der Waals surface area contributed by atoms with Gasteiger partial charge in [-0.1, -0.05) is 6.07 Å². The van der Waals surface area contributed by atoms with Gasteiger partial charge in [0, 0.05) is 21.3 Å². The minimum atomic E-state index is 0.356. The van der Waals surface area contributed by atoms with Gasteiger partial charge in [-0.25, -0.2) is 0 Å². The Bertz CT molecular complexity index is 479. The van der Waals surface area contributed by atoms with Gasteiger partial charge in [-0.2, -0.15) is 0 Å². The van der Waals surface area contributed by atoms with Crippen molar-refractivity contribution >= 4 is 0 Å². The van der Waals surface area contributed by atoms with E-state index in [1.807, 2.05) is 18.2 Å². The van der Waals surface area contributed by atoms with Crippen LogP contribution in [-0.2, 0) is 28.4 Å². The first kappa shape index (κ1) is 26.4. The zero-order valence-electron chi connectivity index (χ0n) is 18.4. The smallest absolute Gasteiger partial charge is 0.203 e. The number of ether oxygens (including phenoxy) is 9. The van der Waals surface area contributed by atoms with Crippen LogP contribution >= 0.6 is 0 Å². The highest BCUT2D eigenvalue weighted by molar-refractivity contribution is 5.51. The molecule has 1 rings (SSSR count). The zero-order valence-corrected chi connectivity index (χ0v) is 18.4. The molecule has 9 heteroatoms. The third-order valence-corrected chi connectivity index (χ3v) is 3.68. The molecule has 0 radical (unpaired) electrons. The highest BCUT2D eigenvalue weighted by Crippen LogP contribution is 2.37. The number of para-hydroxylation sites is 1. The Labute approximate surface area is 179 Å². The van der Waals surface area contributed by atoms with E-state index >= 15 is 0 Å². The second kappa shape index (κ2) is 19.3. The van der Waals surface area contributed by atoms with Crippen LogP contribution in [0.1, 0.15) is 0 Å². The maximum Gasteiger partial charge on any atom is 0.203 e. The molecule has 0 fully saturated rings. The molecule has 0 atom stereocenters. The van der Waals surface area contributed by atoms with E-state index < -0.39 is 0 Å². The number of benzene rings is 1. The maximum absolute atomic E-state index is 5.90. The topological polar surface area (TPSA) is 83.1 Å². The molecule has 0 aliphatic rings. The minimum Gasteiger partial charge on any atom is -0.487 e. The summed E-state index contributed by atoms with van der Waals surface area (Å²) in [6.07, 6.45) is 0. The number of methoxy groups -OCH3 is 3. The lowest BCUT2D eigenvalue weighted by Crippen LogP contribution is -2.14. The van der Waals surface area contributed by atoms with E-state index in [1.54, 1.807) is 21.3 Å². The average molecular weight is 433 g/mol. The van der Waals surface area contributed by atoms with Crippen molar-refractivity contribution in [3.8, 4) is 17.2 Å². The van der Waals surface area contributed by atoms with Gasteiger partial charge in [0.25, 0.3) is 0 Å². The van der Waals surface area contributed by atoms with Crippen LogP contribution in [0.3, 0.4) is 0 Å². The molecule has 0 N–H and O–H groups in total. The Balaban J connectivity index is 2.55. The average Bonchev–Trinajstić information content (AvgIpc) is 2.76. The van der Waals surface area contributed by atoms with Crippen LogP contribution in [0.5, 0.6) is 17.2 Å². The Morgan fingerprint density at radius 3 is 1.23 bits per heavy atom. The van der Waals surface area contributed by atoms with Crippen molar-refractivity contribution in [2.24, 2.45) is 0 Å². The van der Waals surface area contributed by atoms with E-state index in [4.69, 9.17) is 42.6 Å². The monoisotopic (exact) mass is 432 g/mol. The van der Waals surface area contributed by atoms with Crippen molar-refractivity contribution in [3.63, 3.8) is 0 Å². The first-order chi connectivity index (χ1) is 14.8. The first-order valence-corrected chi connectivity index (χ1v) is 10.0. The highest BCUT2D eigenvalue weighted by atomic mass is 16.6. The van der Waals surface area contributed by atoms with Gasteiger partial charge in [0.05, 0.1) is 59.5 Å². The van der Waals surface area contributed by atoms with Crippen LogP contribution < -0.4 is 14.2 Å². The van der Waals surface area contributed by atoms with Crippen molar-refractivity contribution in [2.45, 2.75) is 0 Å². The minimum absolute atomic E-state index is 0.356. The van der Waals surface area contributed by atoms with Crippen LogP contribution in [0.15, 0.2) is 18.2 Å². The quantitative estimate of drug-likeness (QED) is 0.270. The summed E-state index contributed by atoms with van der Waals surface area (Å²) in [5, 5.41) is 0. The Kier molecular flexibility index (Phi) is 17.0. The summed E-state index contributed by atoms with van der Waals surface area (Å²) in [5.41, 5.74) is 0. The van der Waals surface area contributed by atoms with Crippen molar-refractivity contribution in [3.05, 3.63) is 18.2 Å². The molecule has 0 bridgehead atoms. The maximum atomic E-state index is 5.90. The molecule has 0 amide bonds. The van der Waals surface area contributed by atoms with Crippen LogP contribution in [0.25, 0.3) is 0 Å². The molecule has 0 saturated heterocycles. The second-order valence-electron chi connectivity index (χ2n) is 5.94. The lowest BCUT2D eigenvalue weighted by atomic mass is 10.3. The summed E-state index contributed by atoms with van der Waals surface area (Å²) in [5.74, 6) is 1.70. The standard InChI is InChI=1S/C21H36O9/c1-22-7-10-25-13-16-28-19-5-4-6-20(29-17-14-26-11-8-23-2)21(19)30-18-15-27-12-9-24-3/h4-6H,7-18H2,1-3H3. The molecule has 0 aliphatic carbocycles. The molecule has 0 aromatic heterocycles. The Hall–Kier alpha value is -1.62. The van der Waals surface area contributed by atoms with Crippen LogP contribution in [0.2, 0.25) is 0 Å². The van der Waals surface area contributed by atoms with Crippen LogP contribution in [-0.4, -0.2) is 101 Å². The zero-order chi connectivity index (χ0) is 21.7. The lowest BCUT2D eigenvalue weighted by Gasteiger charge is -2.17. The molecule has 0 aliphatic heterocycles. The summed E-state index contributed by atoms with van der Waals surface area (Å²) in [6, 6.07) is 5.51. The van der Waals surface area contributed by atoms with Gasteiger partial charge < -0.3 is 42.6 Å². The third kappa shape index (κ3) is 12.8. The van der Waals surface area contributed by atoms with E-state index in [0.29, 0.717) is 96.5 Å². The second-order valence-corrected chi connectivity index (χ2v) is 5.94. The number of hydrogen-bond acceptors (Lipinski definition) is 9. The largest absolute Gasteiger partial charge is 0.487 e. The molecule has 0 spiro atoms. The molecule has 0 heterocycles. The number of hydrogen-bond donors (Lipinski definition) is 0. The molecule has 0 unspecified atom stereocenters. The highest BCUT2D eigenvalue weighted by Gasteiger charge is 2.13. The van der Waals surface area contributed by atoms with Gasteiger partial charge in [0.15, 0.2) is 11.5 Å². The Morgan fingerprint density at radius 2 is 0.833 bits per heavy atom. The fourth-order valence-electron chi connectivity index (χ4n) is 2.22.